The van der Waals surface area contributed by atoms with E-state index in [0.717, 1.165) is 45.2 Å². The van der Waals surface area contributed by atoms with Gasteiger partial charge in [0.15, 0.2) is 6.10 Å². The number of aromatic nitrogens is 2. The Bertz CT molecular complexity index is 1660. The molecule has 212 valence electrons. The lowest BCUT2D eigenvalue weighted by molar-refractivity contribution is -0.130. The molecular weight excluding hydrogens is 534 g/mol. The van der Waals surface area contributed by atoms with Crippen LogP contribution in [0.5, 0.6) is 5.75 Å². The summed E-state index contributed by atoms with van der Waals surface area (Å²) in [5, 5.41) is 0. The summed E-state index contributed by atoms with van der Waals surface area (Å²) in [6, 6.07) is 27.0. The molecule has 6 rings (SSSR count). The fraction of sp³-hybridized carbons (Fsp3) is 0.212. The van der Waals surface area contributed by atoms with Crippen LogP contribution in [0.2, 0.25) is 0 Å². The Kier molecular flexibility index (Phi) is 7.81. The highest BCUT2D eigenvalue weighted by Gasteiger charge is 2.40. The SMILES string of the molecule is Cc1oc(-c2ccccc2)nc1COc1ccc(CCCC2OC(=O)N(Cc3coc(-c4ccccc4)n3)C2=O)cc1. The molecule has 1 aliphatic rings. The third-order valence-electron chi connectivity index (χ3n) is 7.04. The fourth-order valence-corrected chi connectivity index (χ4v) is 4.74. The Hall–Kier alpha value is -5.18. The Morgan fingerprint density at radius 1 is 0.857 bits per heavy atom. The van der Waals surface area contributed by atoms with Gasteiger partial charge in [0, 0.05) is 11.1 Å². The monoisotopic (exact) mass is 563 g/mol. The van der Waals surface area contributed by atoms with Gasteiger partial charge >= 0.3 is 6.09 Å². The third kappa shape index (κ3) is 6.10. The van der Waals surface area contributed by atoms with Gasteiger partial charge in [0.25, 0.3) is 5.91 Å². The number of imide groups is 1. The van der Waals surface area contributed by atoms with E-state index in [9.17, 15) is 9.59 Å². The van der Waals surface area contributed by atoms with Crippen LogP contribution in [-0.4, -0.2) is 33.0 Å². The van der Waals surface area contributed by atoms with Gasteiger partial charge in [-0.05, 0) is 68.1 Å². The molecule has 5 aromatic rings. The first-order chi connectivity index (χ1) is 20.5. The minimum atomic E-state index is -0.799. The van der Waals surface area contributed by atoms with Crippen molar-refractivity contribution >= 4 is 12.0 Å². The Balaban J connectivity index is 0.967. The molecule has 0 radical (unpaired) electrons. The van der Waals surface area contributed by atoms with Gasteiger partial charge in [-0.3, -0.25) is 4.79 Å². The molecule has 3 aromatic carbocycles. The molecule has 42 heavy (non-hydrogen) atoms. The number of nitrogens with zero attached hydrogens (tertiary/aromatic N) is 3. The topological polar surface area (TPSA) is 108 Å². The number of carbonyl (C=O) groups is 2. The van der Waals surface area contributed by atoms with Gasteiger partial charge in [0.05, 0.1) is 12.2 Å². The fourth-order valence-electron chi connectivity index (χ4n) is 4.74. The molecule has 0 N–H and O–H groups in total. The number of carbonyl (C=O) groups excluding carboxylic acids is 2. The molecule has 1 unspecified atom stereocenters. The maximum Gasteiger partial charge on any atom is 0.417 e. The second kappa shape index (κ2) is 12.1. The van der Waals surface area contributed by atoms with E-state index in [1.807, 2.05) is 91.9 Å². The molecule has 0 aliphatic carbocycles. The molecule has 0 spiro atoms. The summed E-state index contributed by atoms with van der Waals surface area (Å²) in [4.78, 5) is 35.4. The molecule has 0 saturated carbocycles. The zero-order valence-corrected chi connectivity index (χ0v) is 23.1. The van der Waals surface area contributed by atoms with E-state index >= 15 is 0 Å². The van der Waals surface area contributed by atoms with Crippen molar-refractivity contribution in [1.82, 2.24) is 14.9 Å². The summed E-state index contributed by atoms with van der Waals surface area (Å²) in [6.07, 6.45) is 1.84. The number of benzene rings is 3. The van der Waals surface area contributed by atoms with Crippen LogP contribution in [0.15, 0.2) is 100 Å². The molecule has 1 aliphatic heterocycles. The van der Waals surface area contributed by atoms with Crippen LogP contribution >= 0.6 is 0 Å². The molecule has 9 heteroatoms. The van der Waals surface area contributed by atoms with Crippen molar-refractivity contribution in [2.45, 2.75) is 45.4 Å². The average molecular weight is 564 g/mol. The Morgan fingerprint density at radius 2 is 1.55 bits per heavy atom. The molecule has 9 nitrogen and oxygen atoms in total. The number of ether oxygens (including phenoxy) is 2. The lowest BCUT2D eigenvalue weighted by Gasteiger charge is -2.09. The molecule has 2 aromatic heterocycles. The summed E-state index contributed by atoms with van der Waals surface area (Å²) in [5.74, 6) is 2.10. The van der Waals surface area contributed by atoms with Gasteiger partial charge in [0.1, 0.15) is 30.1 Å². The average Bonchev–Trinajstić information content (AvgIpc) is 3.72. The zero-order valence-electron chi connectivity index (χ0n) is 23.1. The summed E-state index contributed by atoms with van der Waals surface area (Å²) < 4.78 is 22.6. The van der Waals surface area contributed by atoms with Crippen molar-refractivity contribution in [3.05, 3.63) is 114 Å². The van der Waals surface area contributed by atoms with Crippen molar-refractivity contribution in [1.29, 1.82) is 0 Å². The second-order valence-corrected chi connectivity index (χ2v) is 10.0. The highest BCUT2D eigenvalue weighted by Crippen LogP contribution is 2.25. The van der Waals surface area contributed by atoms with E-state index in [4.69, 9.17) is 18.3 Å². The van der Waals surface area contributed by atoms with E-state index in [0.29, 0.717) is 36.9 Å². The van der Waals surface area contributed by atoms with Gasteiger partial charge in [0.2, 0.25) is 11.8 Å². The predicted molar refractivity (Wildman–Crippen MR) is 153 cm³/mol. The minimum absolute atomic E-state index is 0.00734. The number of hydrogen-bond acceptors (Lipinski definition) is 8. The summed E-state index contributed by atoms with van der Waals surface area (Å²) in [7, 11) is 0. The molecule has 2 amide bonds. The summed E-state index contributed by atoms with van der Waals surface area (Å²) >= 11 is 0. The van der Waals surface area contributed by atoms with Gasteiger partial charge in [-0.1, -0.05) is 48.5 Å². The van der Waals surface area contributed by atoms with Crippen LogP contribution < -0.4 is 4.74 Å². The summed E-state index contributed by atoms with van der Waals surface area (Å²) in [5.41, 5.74) is 4.07. The second-order valence-electron chi connectivity index (χ2n) is 10.0. The van der Waals surface area contributed by atoms with Crippen molar-refractivity contribution < 1.29 is 27.9 Å². The lowest BCUT2D eigenvalue weighted by atomic mass is 10.1. The first-order valence-corrected chi connectivity index (χ1v) is 13.8. The number of aryl methyl sites for hydroxylation is 2. The van der Waals surface area contributed by atoms with Gasteiger partial charge in [-0.2, -0.15) is 0 Å². The number of rotatable bonds is 11. The van der Waals surface area contributed by atoms with E-state index in [1.54, 1.807) is 0 Å². The minimum Gasteiger partial charge on any atom is -0.487 e. The van der Waals surface area contributed by atoms with E-state index in [2.05, 4.69) is 9.97 Å². The summed E-state index contributed by atoms with van der Waals surface area (Å²) in [6.45, 7) is 2.19. The van der Waals surface area contributed by atoms with Crippen molar-refractivity contribution in [3.63, 3.8) is 0 Å². The third-order valence-corrected chi connectivity index (χ3v) is 7.04. The Labute approximate surface area is 242 Å². The number of amides is 2. The quantitative estimate of drug-likeness (QED) is 0.174. The highest BCUT2D eigenvalue weighted by atomic mass is 16.6. The smallest absolute Gasteiger partial charge is 0.417 e. The normalized spacial score (nSPS) is 14.8. The lowest BCUT2D eigenvalue weighted by Crippen LogP contribution is -2.31. The molecule has 1 atom stereocenters. The number of oxazole rings is 2. The van der Waals surface area contributed by atoms with Gasteiger partial charge in [-0.15, -0.1) is 0 Å². The Morgan fingerprint density at radius 3 is 2.26 bits per heavy atom. The number of cyclic esters (lactones) is 1. The van der Waals surface area contributed by atoms with Crippen molar-refractivity contribution in [3.8, 4) is 28.7 Å². The maximum atomic E-state index is 12.9. The van der Waals surface area contributed by atoms with Gasteiger partial charge < -0.3 is 18.3 Å². The van der Waals surface area contributed by atoms with Crippen LogP contribution in [0, 0.1) is 6.92 Å². The van der Waals surface area contributed by atoms with Crippen LogP contribution in [0.1, 0.15) is 35.6 Å². The molecule has 3 heterocycles. The van der Waals surface area contributed by atoms with E-state index < -0.39 is 12.2 Å². The maximum absolute atomic E-state index is 12.9. The van der Waals surface area contributed by atoms with Crippen molar-refractivity contribution in [2.24, 2.45) is 0 Å². The first-order valence-electron chi connectivity index (χ1n) is 13.8. The largest absolute Gasteiger partial charge is 0.487 e. The molecular formula is C33H29N3O6. The van der Waals surface area contributed by atoms with E-state index in [1.165, 1.54) is 6.26 Å². The van der Waals surface area contributed by atoms with Crippen LogP contribution in [0.25, 0.3) is 22.9 Å². The van der Waals surface area contributed by atoms with Crippen LogP contribution in [0.4, 0.5) is 4.79 Å². The van der Waals surface area contributed by atoms with Crippen LogP contribution in [-0.2, 0) is 29.1 Å². The standard InChI is InChI=1S/C33H29N3O6/c1-22-28(35-31(41-22)25-12-6-3-7-13-25)21-39-27-17-15-23(16-18-27)9-8-14-29-32(37)36(33(38)42-29)19-26-20-40-30(34-26)24-10-4-2-5-11-24/h2-7,10-13,15-18,20,29H,8-9,14,19,21H2,1H3. The molecule has 1 saturated heterocycles. The molecule has 0 bridgehead atoms. The van der Waals surface area contributed by atoms with Crippen molar-refractivity contribution in [2.75, 3.05) is 0 Å². The van der Waals surface area contributed by atoms with E-state index in [-0.39, 0.29) is 12.5 Å². The highest BCUT2D eigenvalue weighted by molar-refractivity contribution is 5.99. The molecule has 1 fully saturated rings. The first kappa shape index (κ1) is 27.0. The predicted octanol–water partition coefficient (Wildman–Crippen LogP) is 6.75. The van der Waals surface area contributed by atoms with Gasteiger partial charge in [-0.25, -0.2) is 19.7 Å². The van der Waals surface area contributed by atoms with Crippen LogP contribution in [0.3, 0.4) is 0 Å². The zero-order chi connectivity index (χ0) is 28.9. The number of hydrogen-bond donors (Lipinski definition) is 0.